The smallest absolute Gasteiger partial charge is 0.326 e. The van der Waals surface area contributed by atoms with Gasteiger partial charge in [0.05, 0.1) is 16.8 Å². The molecule has 3 rings (SSSR count). The van der Waals surface area contributed by atoms with Crippen molar-refractivity contribution in [3.63, 3.8) is 0 Å². The lowest BCUT2D eigenvalue weighted by molar-refractivity contribution is -0.143. The molecule has 0 radical (unpaired) electrons. The molecule has 1 heterocycles. The SMILES string of the molecule is CCOC(=O)Cn1c(=NC(=O)c2c(F)cccc2F)sc2cc(CC)ccc21. The maximum absolute atomic E-state index is 13.9. The summed E-state index contributed by atoms with van der Waals surface area (Å²) in [6.07, 6.45) is 0.817. The average Bonchev–Trinajstić information content (AvgIpc) is 2.98. The number of amides is 1. The monoisotopic (exact) mass is 404 g/mol. The van der Waals surface area contributed by atoms with Crippen LogP contribution in [0.2, 0.25) is 0 Å². The molecule has 1 amide bonds. The van der Waals surface area contributed by atoms with E-state index in [2.05, 4.69) is 4.99 Å². The van der Waals surface area contributed by atoms with Crippen LogP contribution in [0, 0.1) is 11.6 Å². The third-order valence-electron chi connectivity index (χ3n) is 4.12. The molecular weight excluding hydrogens is 386 g/mol. The average molecular weight is 404 g/mol. The molecule has 0 saturated carbocycles. The summed E-state index contributed by atoms with van der Waals surface area (Å²) in [6.45, 7) is 3.76. The zero-order chi connectivity index (χ0) is 20.3. The number of esters is 1. The van der Waals surface area contributed by atoms with Gasteiger partial charge in [-0.2, -0.15) is 4.99 Å². The second kappa shape index (κ2) is 8.43. The molecule has 0 aliphatic carbocycles. The maximum atomic E-state index is 13.9. The Kier molecular flexibility index (Phi) is 5.99. The first kappa shape index (κ1) is 19.9. The van der Waals surface area contributed by atoms with Gasteiger partial charge in [-0.25, -0.2) is 8.78 Å². The molecule has 0 N–H and O–H groups in total. The molecule has 28 heavy (non-hydrogen) atoms. The predicted molar refractivity (Wildman–Crippen MR) is 102 cm³/mol. The number of rotatable bonds is 5. The lowest BCUT2D eigenvalue weighted by Gasteiger charge is -2.05. The highest BCUT2D eigenvalue weighted by molar-refractivity contribution is 7.16. The predicted octanol–water partition coefficient (Wildman–Crippen LogP) is 3.85. The van der Waals surface area contributed by atoms with Gasteiger partial charge in [0.1, 0.15) is 23.7 Å². The van der Waals surface area contributed by atoms with Gasteiger partial charge >= 0.3 is 5.97 Å². The number of benzene rings is 2. The zero-order valence-corrected chi connectivity index (χ0v) is 16.2. The van der Waals surface area contributed by atoms with Crippen LogP contribution in [0.15, 0.2) is 41.4 Å². The molecule has 0 fully saturated rings. The van der Waals surface area contributed by atoms with Crippen molar-refractivity contribution in [2.24, 2.45) is 4.99 Å². The van der Waals surface area contributed by atoms with Gasteiger partial charge in [0.2, 0.25) is 0 Å². The van der Waals surface area contributed by atoms with Crippen molar-refractivity contribution in [3.05, 3.63) is 64.0 Å². The highest BCUT2D eigenvalue weighted by Crippen LogP contribution is 2.20. The van der Waals surface area contributed by atoms with Crippen LogP contribution < -0.4 is 4.80 Å². The number of ether oxygens (including phenoxy) is 1. The van der Waals surface area contributed by atoms with Gasteiger partial charge in [0, 0.05) is 0 Å². The largest absolute Gasteiger partial charge is 0.465 e. The zero-order valence-electron chi connectivity index (χ0n) is 15.4. The van der Waals surface area contributed by atoms with Gasteiger partial charge in [0.15, 0.2) is 4.80 Å². The molecule has 0 aliphatic heterocycles. The van der Waals surface area contributed by atoms with Gasteiger partial charge < -0.3 is 9.30 Å². The summed E-state index contributed by atoms with van der Waals surface area (Å²) in [5.74, 6) is -3.51. The van der Waals surface area contributed by atoms with Gasteiger partial charge in [-0.3, -0.25) is 9.59 Å². The number of hydrogen-bond donors (Lipinski definition) is 0. The van der Waals surface area contributed by atoms with Crippen LogP contribution in [-0.4, -0.2) is 23.1 Å². The van der Waals surface area contributed by atoms with Crippen LogP contribution in [0.25, 0.3) is 10.2 Å². The normalized spacial score (nSPS) is 11.8. The minimum atomic E-state index is -1.05. The van der Waals surface area contributed by atoms with E-state index in [-0.39, 0.29) is 18.0 Å². The fraction of sp³-hybridized carbons (Fsp3) is 0.250. The Bertz CT molecular complexity index is 1100. The van der Waals surface area contributed by atoms with E-state index in [1.165, 1.54) is 22.0 Å². The molecule has 0 saturated heterocycles. The number of hydrogen-bond acceptors (Lipinski definition) is 4. The van der Waals surface area contributed by atoms with Crippen LogP contribution in [-0.2, 0) is 22.5 Å². The maximum Gasteiger partial charge on any atom is 0.326 e. The molecule has 1 aromatic heterocycles. The van der Waals surface area contributed by atoms with Gasteiger partial charge in [-0.1, -0.05) is 30.4 Å². The number of fused-ring (bicyclic) bond motifs is 1. The summed E-state index contributed by atoms with van der Waals surface area (Å²) < 4.78 is 35.2. The lowest BCUT2D eigenvalue weighted by atomic mass is 10.2. The van der Waals surface area contributed by atoms with Gasteiger partial charge in [-0.05, 0) is 43.2 Å². The highest BCUT2D eigenvalue weighted by Gasteiger charge is 2.18. The van der Waals surface area contributed by atoms with Crippen molar-refractivity contribution >= 4 is 33.4 Å². The molecule has 0 aliphatic rings. The molecule has 5 nitrogen and oxygen atoms in total. The lowest BCUT2D eigenvalue weighted by Crippen LogP contribution is -2.23. The molecule has 3 aromatic rings. The third kappa shape index (κ3) is 4.01. The number of carbonyl (C=O) groups excluding carboxylic acids is 2. The van der Waals surface area contributed by atoms with Crippen LogP contribution in [0.3, 0.4) is 0 Å². The number of nitrogens with zero attached hydrogens (tertiary/aromatic N) is 2. The fourth-order valence-corrected chi connectivity index (χ4v) is 3.85. The number of carbonyl (C=O) groups is 2. The van der Waals surface area contributed by atoms with Crippen molar-refractivity contribution in [1.29, 1.82) is 0 Å². The quantitative estimate of drug-likeness (QED) is 0.607. The summed E-state index contributed by atoms with van der Waals surface area (Å²) in [4.78, 5) is 28.5. The summed E-state index contributed by atoms with van der Waals surface area (Å²) in [5, 5.41) is 0. The standard InChI is InChI=1S/C20H18F2N2O3S/c1-3-12-8-9-15-16(10-12)28-20(24(15)11-17(25)27-4-2)23-19(26)18-13(21)6-5-7-14(18)22/h5-10H,3-4,11H2,1-2H3. The highest BCUT2D eigenvalue weighted by atomic mass is 32.1. The summed E-state index contributed by atoms with van der Waals surface area (Å²) in [7, 11) is 0. The summed E-state index contributed by atoms with van der Waals surface area (Å²) in [5.41, 5.74) is 1.04. The topological polar surface area (TPSA) is 60.7 Å². The first-order valence-electron chi connectivity index (χ1n) is 8.75. The molecule has 146 valence electrons. The van der Waals surface area contributed by atoms with Gasteiger partial charge in [-0.15, -0.1) is 0 Å². The van der Waals surface area contributed by atoms with E-state index in [1.807, 2.05) is 25.1 Å². The Morgan fingerprint density at radius 1 is 1.14 bits per heavy atom. The first-order valence-corrected chi connectivity index (χ1v) is 9.57. The Balaban J connectivity index is 2.16. The fourth-order valence-electron chi connectivity index (χ4n) is 2.76. The summed E-state index contributed by atoms with van der Waals surface area (Å²) in [6, 6.07) is 8.85. The molecule has 0 spiro atoms. The Labute approximate surface area is 163 Å². The van der Waals surface area contributed by atoms with Crippen LogP contribution in [0.1, 0.15) is 29.8 Å². The molecule has 2 aromatic carbocycles. The minimum absolute atomic E-state index is 0.162. The second-order valence-corrected chi connectivity index (χ2v) is 6.95. The third-order valence-corrected chi connectivity index (χ3v) is 5.16. The number of thiazole rings is 1. The Morgan fingerprint density at radius 2 is 1.86 bits per heavy atom. The van der Waals surface area contributed by atoms with E-state index < -0.39 is 29.1 Å². The summed E-state index contributed by atoms with van der Waals surface area (Å²) >= 11 is 1.17. The van der Waals surface area contributed by atoms with Crippen LogP contribution in [0.5, 0.6) is 0 Å². The van der Waals surface area contributed by atoms with Crippen molar-refractivity contribution in [2.75, 3.05) is 6.61 Å². The van der Waals surface area contributed by atoms with Crippen molar-refractivity contribution in [3.8, 4) is 0 Å². The molecule has 0 atom stereocenters. The van der Waals surface area contributed by atoms with Crippen LogP contribution in [0.4, 0.5) is 8.78 Å². The van der Waals surface area contributed by atoms with E-state index in [0.29, 0.717) is 5.52 Å². The van der Waals surface area contributed by atoms with Crippen molar-refractivity contribution < 1.29 is 23.1 Å². The van der Waals surface area contributed by atoms with Crippen molar-refractivity contribution in [1.82, 2.24) is 4.57 Å². The Hall–Kier alpha value is -2.87. The molecule has 0 bridgehead atoms. The first-order chi connectivity index (χ1) is 13.4. The van der Waals surface area contributed by atoms with E-state index in [0.717, 1.165) is 28.8 Å². The molecule has 8 heteroatoms. The van der Waals surface area contributed by atoms with E-state index in [4.69, 9.17) is 4.74 Å². The van der Waals surface area contributed by atoms with Crippen LogP contribution >= 0.6 is 11.3 Å². The second-order valence-electron chi connectivity index (χ2n) is 5.95. The van der Waals surface area contributed by atoms with Crippen molar-refractivity contribution in [2.45, 2.75) is 26.8 Å². The molecule has 0 unspecified atom stereocenters. The molecular formula is C20H18F2N2O3S. The Morgan fingerprint density at radius 3 is 2.50 bits per heavy atom. The number of halogens is 2. The number of aromatic nitrogens is 1. The minimum Gasteiger partial charge on any atom is -0.465 e. The van der Waals surface area contributed by atoms with E-state index in [1.54, 1.807) is 6.92 Å². The van der Waals surface area contributed by atoms with E-state index in [9.17, 15) is 18.4 Å². The number of aryl methyl sites for hydroxylation is 1. The van der Waals surface area contributed by atoms with Gasteiger partial charge in [0.25, 0.3) is 5.91 Å². The van der Waals surface area contributed by atoms with E-state index >= 15 is 0 Å².